The molecule has 0 aliphatic rings. The Kier molecular flexibility index (Phi) is 5.71. The van der Waals surface area contributed by atoms with Gasteiger partial charge in [0.15, 0.2) is 0 Å². The van der Waals surface area contributed by atoms with Crippen molar-refractivity contribution in [2.45, 2.75) is 45.5 Å². The van der Waals surface area contributed by atoms with Crippen LogP contribution in [0.25, 0.3) is 0 Å². The van der Waals surface area contributed by atoms with Crippen molar-refractivity contribution >= 4 is 11.6 Å². The molecule has 0 aromatic heterocycles. The second-order valence-electron chi connectivity index (χ2n) is 5.57. The second-order valence-corrected chi connectivity index (χ2v) is 6.01. The zero-order valence-electron chi connectivity index (χ0n) is 11.8. The van der Waals surface area contributed by atoms with Crippen LogP contribution in [0.15, 0.2) is 18.2 Å². The summed E-state index contributed by atoms with van der Waals surface area (Å²) < 4.78 is 41.6. The summed E-state index contributed by atoms with van der Waals surface area (Å²) in [6.45, 7) is 6.09. The molecule has 0 unspecified atom stereocenters. The predicted octanol–water partition coefficient (Wildman–Crippen LogP) is 4.56. The summed E-state index contributed by atoms with van der Waals surface area (Å²) in [4.78, 5) is 0. The van der Waals surface area contributed by atoms with Gasteiger partial charge < -0.3 is 10.1 Å². The van der Waals surface area contributed by atoms with Crippen LogP contribution in [0, 0.1) is 0 Å². The van der Waals surface area contributed by atoms with E-state index < -0.39 is 19.2 Å². The van der Waals surface area contributed by atoms with Crippen LogP contribution < -0.4 is 10.1 Å². The minimum Gasteiger partial charge on any atom is -0.493 e. The molecule has 0 radical (unpaired) electrons. The molecule has 6 heteroatoms. The van der Waals surface area contributed by atoms with Gasteiger partial charge in [-0.2, -0.15) is 13.2 Å². The molecule has 0 saturated carbocycles. The van der Waals surface area contributed by atoms with Crippen molar-refractivity contribution in [2.24, 2.45) is 0 Å². The first kappa shape index (κ1) is 17.1. The zero-order chi connectivity index (χ0) is 15.4. The van der Waals surface area contributed by atoms with Crippen LogP contribution in [0.4, 0.5) is 13.2 Å². The Labute approximate surface area is 122 Å². The van der Waals surface area contributed by atoms with Crippen molar-refractivity contribution in [2.75, 3.05) is 6.61 Å². The molecule has 0 bridgehead atoms. The molecular formula is C14H19ClF3NO. The fourth-order valence-electron chi connectivity index (χ4n) is 1.46. The Morgan fingerprint density at radius 2 is 1.85 bits per heavy atom. The van der Waals surface area contributed by atoms with Crippen molar-refractivity contribution in [1.82, 2.24) is 5.32 Å². The molecule has 1 aromatic rings. The molecule has 0 atom stereocenters. The van der Waals surface area contributed by atoms with Gasteiger partial charge in [0.05, 0.1) is 13.0 Å². The summed E-state index contributed by atoms with van der Waals surface area (Å²) in [6, 6.07) is 4.90. The lowest BCUT2D eigenvalue weighted by Crippen LogP contribution is -2.35. The van der Waals surface area contributed by atoms with E-state index in [-0.39, 0.29) is 5.54 Å². The zero-order valence-corrected chi connectivity index (χ0v) is 12.5. The summed E-state index contributed by atoms with van der Waals surface area (Å²) in [5, 5.41) is 3.78. The number of nitrogens with one attached hydrogen (secondary N) is 1. The highest BCUT2D eigenvalue weighted by Gasteiger charge is 2.27. The third kappa shape index (κ3) is 7.01. The lowest BCUT2D eigenvalue weighted by Gasteiger charge is -2.22. The van der Waals surface area contributed by atoms with E-state index >= 15 is 0 Å². The predicted molar refractivity (Wildman–Crippen MR) is 74.2 cm³/mol. The van der Waals surface area contributed by atoms with Crippen LogP contribution >= 0.6 is 11.6 Å². The van der Waals surface area contributed by atoms with E-state index in [1.807, 2.05) is 20.8 Å². The first-order valence-corrected chi connectivity index (χ1v) is 6.68. The van der Waals surface area contributed by atoms with E-state index in [0.29, 0.717) is 17.3 Å². The molecule has 0 amide bonds. The van der Waals surface area contributed by atoms with Gasteiger partial charge in [0.25, 0.3) is 0 Å². The number of ether oxygens (including phenoxy) is 1. The van der Waals surface area contributed by atoms with Crippen LogP contribution in [0.3, 0.4) is 0 Å². The van der Waals surface area contributed by atoms with Crippen molar-refractivity contribution in [3.63, 3.8) is 0 Å². The Balaban J connectivity index is 2.70. The van der Waals surface area contributed by atoms with Gasteiger partial charge in [-0.05, 0) is 39.0 Å². The molecule has 114 valence electrons. The van der Waals surface area contributed by atoms with Crippen LogP contribution in [0.5, 0.6) is 5.75 Å². The lowest BCUT2D eigenvalue weighted by atomic mass is 10.1. The highest BCUT2D eigenvalue weighted by atomic mass is 35.5. The minimum atomic E-state index is -4.21. The van der Waals surface area contributed by atoms with Gasteiger partial charge >= 0.3 is 6.18 Å². The molecule has 0 saturated heterocycles. The average Bonchev–Trinajstić information content (AvgIpc) is 2.26. The maximum absolute atomic E-state index is 12.1. The van der Waals surface area contributed by atoms with Gasteiger partial charge in [-0.15, -0.1) is 0 Å². The second kappa shape index (κ2) is 6.68. The number of benzene rings is 1. The normalized spacial score (nSPS) is 12.6. The summed E-state index contributed by atoms with van der Waals surface area (Å²) >= 11 is 5.91. The van der Waals surface area contributed by atoms with Crippen LogP contribution in [-0.4, -0.2) is 18.3 Å². The van der Waals surface area contributed by atoms with Gasteiger partial charge in [-0.25, -0.2) is 0 Å². The van der Waals surface area contributed by atoms with Crippen LogP contribution in [0.1, 0.15) is 32.8 Å². The van der Waals surface area contributed by atoms with Crippen LogP contribution in [0.2, 0.25) is 5.02 Å². The van der Waals surface area contributed by atoms with Gasteiger partial charge in [0.2, 0.25) is 0 Å². The number of alkyl halides is 3. The molecule has 1 N–H and O–H groups in total. The Morgan fingerprint density at radius 3 is 2.40 bits per heavy atom. The van der Waals surface area contributed by atoms with E-state index in [2.05, 4.69) is 5.32 Å². The highest BCUT2D eigenvalue weighted by molar-refractivity contribution is 6.30. The SMILES string of the molecule is CC(C)(C)NCc1cc(Cl)ccc1OCCC(F)(F)F. The van der Waals surface area contributed by atoms with E-state index in [9.17, 15) is 13.2 Å². The van der Waals surface area contributed by atoms with Gasteiger partial charge in [0.1, 0.15) is 5.75 Å². The summed E-state index contributed by atoms with van der Waals surface area (Å²) in [5.41, 5.74) is 0.639. The van der Waals surface area contributed by atoms with E-state index in [1.54, 1.807) is 18.2 Å². The van der Waals surface area contributed by atoms with Gasteiger partial charge in [-0.1, -0.05) is 11.6 Å². The molecule has 1 aromatic carbocycles. The van der Waals surface area contributed by atoms with Crippen molar-refractivity contribution in [1.29, 1.82) is 0 Å². The molecule has 0 fully saturated rings. The fraction of sp³-hybridized carbons (Fsp3) is 0.571. The molecule has 0 aliphatic carbocycles. The largest absolute Gasteiger partial charge is 0.493 e. The average molecular weight is 310 g/mol. The standard InChI is InChI=1S/C14H19ClF3NO/c1-13(2,3)19-9-10-8-11(15)4-5-12(10)20-7-6-14(16,17)18/h4-5,8,19H,6-7,9H2,1-3H3. The Bertz CT molecular complexity index is 441. The lowest BCUT2D eigenvalue weighted by molar-refractivity contribution is -0.139. The summed E-state index contributed by atoms with van der Waals surface area (Å²) in [6.07, 6.45) is -5.18. The smallest absolute Gasteiger partial charge is 0.392 e. The number of hydrogen-bond acceptors (Lipinski definition) is 2. The highest BCUT2D eigenvalue weighted by Crippen LogP contribution is 2.25. The van der Waals surface area contributed by atoms with Crippen molar-refractivity contribution < 1.29 is 17.9 Å². The number of halogens is 4. The minimum absolute atomic E-state index is 0.106. The van der Waals surface area contributed by atoms with E-state index in [1.165, 1.54) is 0 Å². The molecule has 1 rings (SSSR count). The Morgan fingerprint density at radius 1 is 1.20 bits per heavy atom. The molecule has 0 aliphatic heterocycles. The Hall–Kier alpha value is -0.940. The molecule has 0 heterocycles. The van der Waals surface area contributed by atoms with Crippen molar-refractivity contribution in [3.8, 4) is 5.75 Å². The monoisotopic (exact) mass is 309 g/mol. The topological polar surface area (TPSA) is 21.3 Å². The van der Waals surface area contributed by atoms with Crippen molar-refractivity contribution in [3.05, 3.63) is 28.8 Å². The summed E-state index contributed by atoms with van der Waals surface area (Å²) in [5.74, 6) is 0.426. The van der Waals surface area contributed by atoms with Gasteiger partial charge in [-0.3, -0.25) is 0 Å². The number of hydrogen-bond donors (Lipinski definition) is 1. The summed E-state index contributed by atoms with van der Waals surface area (Å²) in [7, 11) is 0. The molecule has 2 nitrogen and oxygen atoms in total. The first-order valence-electron chi connectivity index (χ1n) is 6.30. The fourth-order valence-corrected chi connectivity index (χ4v) is 1.66. The third-order valence-electron chi connectivity index (χ3n) is 2.47. The first-order chi connectivity index (χ1) is 9.07. The third-order valence-corrected chi connectivity index (χ3v) is 2.71. The van der Waals surface area contributed by atoms with E-state index in [0.717, 1.165) is 5.56 Å². The van der Waals surface area contributed by atoms with Gasteiger partial charge in [0, 0.05) is 22.7 Å². The quantitative estimate of drug-likeness (QED) is 0.861. The molecule has 0 spiro atoms. The molecule has 20 heavy (non-hydrogen) atoms. The molecular weight excluding hydrogens is 291 g/mol. The maximum atomic E-state index is 12.1. The van der Waals surface area contributed by atoms with Crippen LogP contribution in [-0.2, 0) is 6.54 Å². The maximum Gasteiger partial charge on any atom is 0.392 e. The van der Waals surface area contributed by atoms with E-state index in [4.69, 9.17) is 16.3 Å². The number of rotatable bonds is 5.